The quantitative estimate of drug-likeness (QED) is 0.714. The number of halogens is 5. The standard InChI is InChI=1S/C14H9BrCl2F2O/c15-9-3-4-11(18)13(14(9)19)12(20)5-7-1-2-8(16)6-10(7)17/h1-4,6,12,20H,5H2. The molecule has 1 nitrogen and oxygen atoms in total. The van der Waals surface area contributed by atoms with Gasteiger partial charge < -0.3 is 5.11 Å². The molecule has 106 valence electrons. The molecule has 0 aliphatic carbocycles. The maximum absolute atomic E-state index is 13.9. The Morgan fingerprint density at radius 3 is 2.50 bits per heavy atom. The van der Waals surface area contributed by atoms with Gasteiger partial charge in [0.1, 0.15) is 11.6 Å². The molecule has 1 N–H and O–H groups in total. The van der Waals surface area contributed by atoms with Crippen LogP contribution >= 0.6 is 39.1 Å². The minimum absolute atomic E-state index is 0.0136. The normalized spacial score (nSPS) is 12.5. The molecule has 20 heavy (non-hydrogen) atoms. The summed E-state index contributed by atoms with van der Waals surface area (Å²) in [6, 6.07) is 7.06. The summed E-state index contributed by atoms with van der Waals surface area (Å²) in [7, 11) is 0. The lowest BCUT2D eigenvalue weighted by Gasteiger charge is -2.15. The van der Waals surface area contributed by atoms with Gasteiger partial charge in [0.25, 0.3) is 0 Å². The third-order valence-electron chi connectivity index (χ3n) is 2.84. The van der Waals surface area contributed by atoms with Crippen LogP contribution in [0.25, 0.3) is 0 Å². The Morgan fingerprint density at radius 1 is 1.15 bits per heavy atom. The average molecular weight is 382 g/mol. The van der Waals surface area contributed by atoms with Crippen molar-refractivity contribution in [1.29, 1.82) is 0 Å². The zero-order valence-corrected chi connectivity index (χ0v) is 13.1. The predicted octanol–water partition coefficient (Wildman–Crippen LogP) is 5.31. The first-order valence-corrected chi connectivity index (χ1v) is 7.20. The molecule has 6 heteroatoms. The van der Waals surface area contributed by atoms with Crippen molar-refractivity contribution in [3.8, 4) is 0 Å². The number of benzene rings is 2. The van der Waals surface area contributed by atoms with Crippen LogP contribution in [0, 0.1) is 11.6 Å². The molecule has 1 atom stereocenters. The number of hydrogen-bond donors (Lipinski definition) is 1. The van der Waals surface area contributed by atoms with Crippen LogP contribution in [-0.4, -0.2) is 5.11 Å². The zero-order chi connectivity index (χ0) is 14.9. The number of hydrogen-bond acceptors (Lipinski definition) is 1. The van der Waals surface area contributed by atoms with Crippen molar-refractivity contribution in [3.05, 3.63) is 67.6 Å². The molecule has 0 spiro atoms. The van der Waals surface area contributed by atoms with Gasteiger partial charge >= 0.3 is 0 Å². The summed E-state index contributed by atoms with van der Waals surface area (Å²) >= 11 is 14.7. The van der Waals surface area contributed by atoms with Crippen molar-refractivity contribution in [2.45, 2.75) is 12.5 Å². The number of rotatable bonds is 3. The summed E-state index contributed by atoms with van der Waals surface area (Å²) in [5.41, 5.74) is 0.174. The van der Waals surface area contributed by atoms with E-state index in [0.717, 1.165) is 6.07 Å². The van der Waals surface area contributed by atoms with E-state index in [2.05, 4.69) is 15.9 Å². The fraction of sp³-hybridized carbons (Fsp3) is 0.143. The molecule has 2 rings (SSSR count). The van der Waals surface area contributed by atoms with Crippen LogP contribution in [0.4, 0.5) is 8.78 Å². The van der Waals surface area contributed by atoms with Crippen molar-refractivity contribution in [3.63, 3.8) is 0 Å². The van der Waals surface area contributed by atoms with E-state index in [1.807, 2.05) is 0 Å². The summed E-state index contributed by atoms with van der Waals surface area (Å²) in [6.45, 7) is 0. The molecular formula is C14H9BrCl2F2O. The highest BCUT2D eigenvalue weighted by Crippen LogP contribution is 2.31. The average Bonchev–Trinajstić information content (AvgIpc) is 2.38. The van der Waals surface area contributed by atoms with Gasteiger partial charge in [0.2, 0.25) is 0 Å². The molecule has 0 saturated carbocycles. The number of aliphatic hydroxyl groups excluding tert-OH is 1. The Bertz CT molecular complexity index is 649. The summed E-state index contributed by atoms with van der Waals surface area (Å²) in [4.78, 5) is 0. The molecule has 1 unspecified atom stereocenters. The Balaban J connectivity index is 2.33. The van der Waals surface area contributed by atoms with Crippen molar-refractivity contribution < 1.29 is 13.9 Å². The second-order valence-corrected chi connectivity index (χ2v) is 5.91. The van der Waals surface area contributed by atoms with E-state index in [4.69, 9.17) is 23.2 Å². The first kappa shape index (κ1) is 15.7. The third-order valence-corrected chi connectivity index (χ3v) is 4.04. The van der Waals surface area contributed by atoms with Gasteiger partial charge in [-0.3, -0.25) is 0 Å². The molecule has 0 amide bonds. The molecule has 0 aromatic heterocycles. The lowest BCUT2D eigenvalue weighted by atomic mass is 10.0. The minimum atomic E-state index is -1.34. The molecule has 0 radical (unpaired) electrons. The maximum Gasteiger partial charge on any atom is 0.146 e. The first-order chi connectivity index (χ1) is 9.40. The molecule has 0 heterocycles. The second-order valence-electron chi connectivity index (χ2n) is 4.21. The highest BCUT2D eigenvalue weighted by molar-refractivity contribution is 9.10. The fourth-order valence-electron chi connectivity index (χ4n) is 1.85. The van der Waals surface area contributed by atoms with Crippen LogP contribution in [0.2, 0.25) is 10.0 Å². The van der Waals surface area contributed by atoms with Gasteiger partial charge in [-0.2, -0.15) is 0 Å². The molecule has 0 saturated heterocycles. The molecule has 2 aromatic carbocycles. The molecule has 0 aliphatic rings. The van der Waals surface area contributed by atoms with E-state index in [1.165, 1.54) is 12.1 Å². The van der Waals surface area contributed by atoms with Gasteiger partial charge in [0.05, 0.1) is 16.1 Å². The van der Waals surface area contributed by atoms with Crippen LogP contribution in [0.5, 0.6) is 0 Å². The minimum Gasteiger partial charge on any atom is -0.388 e. The van der Waals surface area contributed by atoms with Crippen LogP contribution < -0.4 is 0 Å². The molecule has 0 aliphatic heterocycles. The lowest BCUT2D eigenvalue weighted by Crippen LogP contribution is -2.08. The zero-order valence-electron chi connectivity index (χ0n) is 10.0. The van der Waals surface area contributed by atoms with E-state index >= 15 is 0 Å². The summed E-state index contributed by atoms with van der Waals surface area (Å²) in [5.74, 6) is -1.62. The van der Waals surface area contributed by atoms with Gasteiger partial charge in [0, 0.05) is 16.5 Å². The predicted molar refractivity (Wildman–Crippen MR) is 79.2 cm³/mol. The molecular weight excluding hydrogens is 373 g/mol. The third kappa shape index (κ3) is 3.31. The lowest BCUT2D eigenvalue weighted by molar-refractivity contribution is 0.168. The Morgan fingerprint density at radius 2 is 1.85 bits per heavy atom. The highest BCUT2D eigenvalue weighted by Gasteiger charge is 2.21. The van der Waals surface area contributed by atoms with E-state index < -0.39 is 17.7 Å². The van der Waals surface area contributed by atoms with E-state index in [1.54, 1.807) is 12.1 Å². The monoisotopic (exact) mass is 380 g/mol. The van der Waals surface area contributed by atoms with Gasteiger partial charge in [-0.1, -0.05) is 29.3 Å². The highest BCUT2D eigenvalue weighted by atomic mass is 79.9. The summed E-state index contributed by atoms with van der Waals surface area (Å²) < 4.78 is 27.6. The Labute approximate surface area is 133 Å². The van der Waals surface area contributed by atoms with E-state index in [-0.39, 0.29) is 16.5 Å². The molecule has 0 bridgehead atoms. The SMILES string of the molecule is OC(Cc1ccc(Cl)cc1Cl)c1c(F)ccc(Br)c1F. The molecule has 0 fully saturated rings. The topological polar surface area (TPSA) is 20.2 Å². The van der Waals surface area contributed by atoms with Crippen LogP contribution in [0.1, 0.15) is 17.2 Å². The van der Waals surface area contributed by atoms with Gasteiger partial charge in [-0.15, -0.1) is 0 Å². The maximum atomic E-state index is 13.9. The van der Waals surface area contributed by atoms with E-state index in [0.29, 0.717) is 15.6 Å². The van der Waals surface area contributed by atoms with E-state index in [9.17, 15) is 13.9 Å². The summed E-state index contributed by atoms with van der Waals surface area (Å²) in [6.07, 6.45) is -1.36. The van der Waals surface area contributed by atoms with Gasteiger partial charge in [0.15, 0.2) is 0 Å². The van der Waals surface area contributed by atoms with Crippen molar-refractivity contribution in [1.82, 2.24) is 0 Å². The molecule has 2 aromatic rings. The smallest absolute Gasteiger partial charge is 0.146 e. The van der Waals surface area contributed by atoms with Crippen molar-refractivity contribution in [2.75, 3.05) is 0 Å². The van der Waals surface area contributed by atoms with Crippen LogP contribution in [0.3, 0.4) is 0 Å². The Hall–Kier alpha value is -0.680. The largest absolute Gasteiger partial charge is 0.388 e. The number of aliphatic hydroxyl groups is 1. The van der Waals surface area contributed by atoms with Crippen molar-refractivity contribution in [2.24, 2.45) is 0 Å². The van der Waals surface area contributed by atoms with Crippen LogP contribution in [-0.2, 0) is 6.42 Å². The van der Waals surface area contributed by atoms with Crippen molar-refractivity contribution >= 4 is 39.1 Å². The van der Waals surface area contributed by atoms with Crippen LogP contribution in [0.15, 0.2) is 34.8 Å². The fourth-order valence-corrected chi connectivity index (χ4v) is 2.68. The summed E-state index contributed by atoms with van der Waals surface area (Å²) in [5, 5.41) is 10.9. The second kappa shape index (κ2) is 6.39. The van der Waals surface area contributed by atoms with Gasteiger partial charge in [-0.25, -0.2) is 8.78 Å². The van der Waals surface area contributed by atoms with Gasteiger partial charge in [-0.05, 0) is 45.8 Å². The first-order valence-electron chi connectivity index (χ1n) is 5.65. The Kier molecular flexibility index (Phi) is 5.02.